The van der Waals surface area contributed by atoms with Crippen LogP contribution in [0.5, 0.6) is 0 Å². The van der Waals surface area contributed by atoms with Gasteiger partial charge in [0, 0.05) is 4.88 Å². The van der Waals surface area contributed by atoms with Crippen molar-refractivity contribution in [1.29, 1.82) is 0 Å². The lowest BCUT2D eigenvalue weighted by atomic mass is 9.95. The summed E-state index contributed by atoms with van der Waals surface area (Å²) in [6, 6.07) is 0. The molecule has 1 aliphatic rings. The molecule has 3 N–H and O–H groups in total. The number of carbonyl (C=O) groups is 2. The number of aliphatic hydroxyl groups excluding tert-OH is 1. The molecule has 3 aromatic rings. The minimum atomic E-state index is -0.603. The molecule has 3 heterocycles. The summed E-state index contributed by atoms with van der Waals surface area (Å²) in [5, 5.41) is 16.6. The Balaban J connectivity index is 1.55. The number of fused-ring (bicyclic) bond motifs is 2. The summed E-state index contributed by atoms with van der Waals surface area (Å²) in [4.78, 5) is 46.2. The summed E-state index contributed by atoms with van der Waals surface area (Å²) in [6.45, 7) is 3.79. The summed E-state index contributed by atoms with van der Waals surface area (Å²) in [5.74, 6) is -0.725. The third kappa shape index (κ3) is 4.82. The Morgan fingerprint density at radius 1 is 1.39 bits per heavy atom. The van der Waals surface area contributed by atoms with E-state index in [1.54, 1.807) is 13.8 Å². The molecular formula is C21H25N5O5S2. The van der Waals surface area contributed by atoms with Crippen LogP contribution in [0.4, 0.5) is 5.00 Å². The van der Waals surface area contributed by atoms with Crippen molar-refractivity contribution >= 4 is 51.0 Å². The second kappa shape index (κ2) is 10.1. The Bertz CT molecular complexity index is 1250. The van der Waals surface area contributed by atoms with Crippen LogP contribution in [-0.2, 0) is 28.9 Å². The van der Waals surface area contributed by atoms with Crippen molar-refractivity contribution in [1.82, 2.24) is 19.7 Å². The zero-order chi connectivity index (χ0) is 23.5. The van der Waals surface area contributed by atoms with Crippen molar-refractivity contribution < 1.29 is 19.4 Å². The SMILES string of the molecule is CCOC(=O)c1c(NC(=O)[C@@H](C)Sc2nc3c(cnn3CCO)c(=O)[nH]2)sc2c1CCCC2. The van der Waals surface area contributed by atoms with Gasteiger partial charge in [-0.05, 0) is 45.1 Å². The third-order valence-electron chi connectivity index (χ3n) is 5.34. The van der Waals surface area contributed by atoms with Crippen LogP contribution < -0.4 is 10.9 Å². The number of nitrogens with one attached hydrogen (secondary N) is 2. The molecule has 0 radical (unpaired) electrons. The average Bonchev–Trinajstić information content (AvgIpc) is 3.35. The number of aliphatic hydroxyl groups is 1. The van der Waals surface area contributed by atoms with E-state index in [0.717, 1.165) is 47.9 Å². The van der Waals surface area contributed by atoms with E-state index in [2.05, 4.69) is 20.4 Å². The monoisotopic (exact) mass is 491 g/mol. The van der Waals surface area contributed by atoms with E-state index in [9.17, 15) is 19.5 Å². The average molecular weight is 492 g/mol. The predicted octanol–water partition coefficient (Wildman–Crippen LogP) is 2.35. The number of ether oxygens (including phenoxy) is 1. The number of hydrogen-bond donors (Lipinski definition) is 3. The van der Waals surface area contributed by atoms with Gasteiger partial charge in [-0.2, -0.15) is 5.10 Å². The highest BCUT2D eigenvalue weighted by Crippen LogP contribution is 2.39. The van der Waals surface area contributed by atoms with E-state index in [1.807, 2.05) is 0 Å². The molecule has 10 nitrogen and oxygen atoms in total. The zero-order valence-electron chi connectivity index (χ0n) is 18.3. The maximum absolute atomic E-state index is 13.0. The second-order valence-corrected chi connectivity index (χ2v) is 10.0. The number of thiophene rings is 1. The lowest BCUT2D eigenvalue weighted by Gasteiger charge is -2.13. The van der Waals surface area contributed by atoms with E-state index in [0.29, 0.717) is 21.6 Å². The Hall–Kier alpha value is -2.70. The van der Waals surface area contributed by atoms with Crippen LogP contribution in [0.15, 0.2) is 16.1 Å². The van der Waals surface area contributed by atoms with E-state index in [4.69, 9.17) is 4.74 Å². The molecule has 1 atom stereocenters. The van der Waals surface area contributed by atoms with Gasteiger partial charge in [0.2, 0.25) is 5.91 Å². The van der Waals surface area contributed by atoms with Crippen molar-refractivity contribution in [3.63, 3.8) is 0 Å². The van der Waals surface area contributed by atoms with Gasteiger partial charge in [-0.15, -0.1) is 11.3 Å². The molecule has 1 aliphatic carbocycles. The molecule has 0 saturated heterocycles. The maximum Gasteiger partial charge on any atom is 0.341 e. The Labute approximate surface area is 197 Å². The van der Waals surface area contributed by atoms with Crippen molar-refractivity contribution in [2.75, 3.05) is 18.5 Å². The smallest absolute Gasteiger partial charge is 0.341 e. The van der Waals surface area contributed by atoms with Crippen molar-refractivity contribution in [2.24, 2.45) is 0 Å². The summed E-state index contributed by atoms with van der Waals surface area (Å²) in [7, 11) is 0. The van der Waals surface area contributed by atoms with E-state index >= 15 is 0 Å². The van der Waals surface area contributed by atoms with E-state index < -0.39 is 11.2 Å². The lowest BCUT2D eigenvalue weighted by Crippen LogP contribution is -2.24. The normalized spacial score (nSPS) is 14.2. The van der Waals surface area contributed by atoms with Gasteiger partial charge in [-0.1, -0.05) is 11.8 Å². The second-order valence-electron chi connectivity index (χ2n) is 7.58. The first-order chi connectivity index (χ1) is 15.9. The highest BCUT2D eigenvalue weighted by molar-refractivity contribution is 8.00. The highest BCUT2D eigenvalue weighted by atomic mass is 32.2. The molecule has 0 aliphatic heterocycles. The van der Waals surface area contributed by atoms with E-state index in [1.165, 1.54) is 22.2 Å². The van der Waals surface area contributed by atoms with Crippen LogP contribution in [-0.4, -0.2) is 55.2 Å². The van der Waals surface area contributed by atoms with Gasteiger partial charge < -0.3 is 20.1 Å². The summed E-state index contributed by atoms with van der Waals surface area (Å²) < 4.78 is 6.69. The third-order valence-corrected chi connectivity index (χ3v) is 7.53. The number of amides is 1. The molecule has 3 aromatic heterocycles. The number of thioether (sulfide) groups is 1. The Morgan fingerprint density at radius 2 is 2.18 bits per heavy atom. The van der Waals surface area contributed by atoms with Crippen molar-refractivity contribution in [3.8, 4) is 0 Å². The van der Waals surface area contributed by atoms with Gasteiger partial charge in [0.05, 0.1) is 36.8 Å². The molecule has 0 bridgehead atoms. The molecule has 0 fully saturated rings. The fourth-order valence-electron chi connectivity index (χ4n) is 3.77. The number of aryl methyl sites for hydroxylation is 1. The number of hydrogen-bond acceptors (Lipinski definition) is 9. The molecule has 1 amide bonds. The summed E-state index contributed by atoms with van der Waals surface area (Å²) in [5.41, 5.74) is 1.42. The summed E-state index contributed by atoms with van der Waals surface area (Å²) >= 11 is 2.53. The molecular weight excluding hydrogens is 466 g/mol. The van der Waals surface area contributed by atoms with Gasteiger partial charge in [-0.3, -0.25) is 9.59 Å². The number of rotatable bonds is 8. The molecule has 12 heteroatoms. The molecule has 0 aromatic carbocycles. The largest absolute Gasteiger partial charge is 0.462 e. The van der Waals surface area contributed by atoms with Gasteiger partial charge in [0.1, 0.15) is 10.4 Å². The number of anilines is 1. The number of nitrogens with zero attached hydrogens (tertiary/aromatic N) is 3. The topological polar surface area (TPSA) is 139 Å². The Morgan fingerprint density at radius 3 is 2.94 bits per heavy atom. The fraction of sp³-hybridized carbons (Fsp3) is 0.476. The van der Waals surface area contributed by atoms with Gasteiger partial charge in [0.15, 0.2) is 10.8 Å². The number of carbonyl (C=O) groups excluding carboxylic acids is 2. The molecule has 0 saturated carbocycles. The highest BCUT2D eigenvalue weighted by Gasteiger charge is 2.28. The van der Waals surface area contributed by atoms with Crippen LogP contribution in [0.1, 0.15) is 47.5 Å². The zero-order valence-corrected chi connectivity index (χ0v) is 20.0. The van der Waals surface area contributed by atoms with Crippen LogP contribution in [0.3, 0.4) is 0 Å². The van der Waals surface area contributed by atoms with E-state index in [-0.39, 0.29) is 36.4 Å². The first-order valence-electron chi connectivity index (χ1n) is 10.8. The molecule has 0 spiro atoms. The molecule has 176 valence electrons. The summed E-state index contributed by atoms with van der Waals surface area (Å²) in [6.07, 6.45) is 5.15. The van der Waals surface area contributed by atoms with Crippen LogP contribution in [0.2, 0.25) is 0 Å². The molecule has 33 heavy (non-hydrogen) atoms. The number of aromatic nitrogens is 4. The first-order valence-corrected chi connectivity index (χ1v) is 12.5. The van der Waals surface area contributed by atoms with Gasteiger partial charge >= 0.3 is 5.97 Å². The lowest BCUT2D eigenvalue weighted by molar-refractivity contribution is -0.115. The standard InChI is InChI=1S/C21H25N5O5S2/c1-3-31-20(30)15-12-6-4-5-7-14(12)33-19(15)24-17(28)11(2)32-21-23-16-13(18(29)25-21)10-22-26(16)8-9-27/h10-11,27H,3-9H2,1-2H3,(H,24,28)(H,23,25,29)/t11-/m1/s1. The van der Waals surface area contributed by atoms with Gasteiger partial charge in [0.25, 0.3) is 5.56 Å². The number of aromatic amines is 1. The van der Waals surface area contributed by atoms with Crippen LogP contribution in [0, 0.1) is 0 Å². The van der Waals surface area contributed by atoms with Crippen molar-refractivity contribution in [3.05, 3.63) is 32.6 Å². The van der Waals surface area contributed by atoms with Gasteiger partial charge in [-0.25, -0.2) is 14.5 Å². The minimum Gasteiger partial charge on any atom is -0.462 e. The van der Waals surface area contributed by atoms with Crippen LogP contribution >= 0.6 is 23.1 Å². The minimum absolute atomic E-state index is 0.139. The first kappa shape index (κ1) is 23.5. The van der Waals surface area contributed by atoms with Crippen molar-refractivity contribution in [2.45, 2.75) is 56.5 Å². The maximum atomic E-state index is 13.0. The Kier molecular flexibility index (Phi) is 7.15. The fourth-order valence-corrected chi connectivity index (χ4v) is 5.84. The quantitative estimate of drug-likeness (QED) is 0.248. The van der Waals surface area contributed by atoms with Crippen LogP contribution in [0.25, 0.3) is 11.0 Å². The molecule has 4 rings (SSSR count). The molecule has 0 unspecified atom stereocenters. The number of esters is 1. The number of H-pyrrole nitrogens is 1. The predicted molar refractivity (Wildman–Crippen MR) is 126 cm³/mol.